The minimum atomic E-state index is -1.58. The van der Waals surface area contributed by atoms with Crippen molar-refractivity contribution < 1.29 is 29.3 Å². The number of nitrogens with zero attached hydrogens (tertiary/aromatic N) is 1. The van der Waals surface area contributed by atoms with Crippen LogP contribution in [0.4, 0.5) is 0 Å². The molecule has 0 spiro atoms. The number of benzene rings is 2. The Morgan fingerprint density at radius 1 is 1.03 bits per heavy atom. The first kappa shape index (κ1) is 24.7. The summed E-state index contributed by atoms with van der Waals surface area (Å²) in [4.78, 5) is 28.6. The van der Waals surface area contributed by atoms with E-state index < -0.39 is 17.4 Å². The van der Waals surface area contributed by atoms with Crippen LogP contribution in [0.25, 0.3) is 0 Å². The highest BCUT2D eigenvalue weighted by molar-refractivity contribution is 5.94. The van der Waals surface area contributed by atoms with Crippen LogP contribution in [-0.2, 0) is 28.2 Å². The maximum Gasteiger partial charge on any atom is 0.331 e. The predicted molar refractivity (Wildman–Crippen MR) is 133 cm³/mol. The van der Waals surface area contributed by atoms with Crippen molar-refractivity contribution in [3.8, 4) is 17.2 Å². The minimum absolute atomic E-state index is 0.00709. The van der Waals surface area contributed by atoms with E-state index in [-0.39, 0.29) is 25.1 Å². The van der Waals surface area contributed by atoms with Crippen molar-refractivity contribution in [2.45, 2.75) is 31.9 Å². The Morgan fingerprint density at radius 3 is 2.47 bits per heavy atom. The van der Waals surface area contributed by atoms with Crippen LogP contribution in [0.1, 0.15) is 30.0 Å². The molecule has 4 rings (SSSR count). The predicted octanol–water partition coefficient (Wildman–Crippen LogP) is 4.60. The van der Waals surface area contributed by atoms with Gasteiger partial charge in [-0.2, -0.15) is 0 Å². The zero-order valence-electron chi connectivity index (χ0n) is 19.7. The van der Waals surface area contributed by atoms with Gasteiger partial charge in [-0.05, 0) is 41.3 Å². The van der Waals surface area contributed by atoms with Crippen molar-refractivity contribution >= 4 is 11.9 Å². The Labute approximate surface area is 208 Å². The molecular weight excluding hydrogens is 460 g/mol. The quantitative estimate of drug-likeness (QED) is 0.400. The molecule has 0 bridgehead atoms. The molecule has 8 heteroatoms. The van der Waals surface area contributed by atoms with Crippen LogP contribution < -0.4 is 15.2 Å². The van der Waals surface area contributed by atoms with E-state index in [1.807, 2.05) is 30.3 Å². The minimum Gasteiger partial charge on any atom is -0.487 e. The molecule has 0 amide bonds. The molecule has 1 aliphatic rings. The summed E-state index contributed by atoms with van der Waals surface area (Å²) >= 11 is 0. The van der Waals surface area contributed by atoms with Crippen molar-refractivity contribution in [1.29, 1.82) is 0 Å². The fraction of sp³-hybridized carbons (Fsp3) is 0.179. The van der Waals surface area contributed by atoms with Gasteiger partial charge in [-0.15, -0.1) is 0 Å². The number of carboxylic acids is 2. The number of carbonyl (C=O) groups is 2. The fourth-order valence-corrected chi connectivity index (χ4v) is 4.26. The lowest BCUT2D eigenvalue weighted by atomic mass is 9.69. The number of aliphatic carboxylic acids is 2. The van der Waals surface area contributed by atoms with Crippen molar-refractivity contribution in [3.63, 3.8) is 0 Å². The maximum atomic E-state index is 12.6. The van der Waals surface area contributed by atoms with E-state index in [9.17, 15) is 19.8 Å². The average Bonchev–Trinajstić information content (AvgIpc) is 2.88. The second kappa shape index (κ2) is 10.5. The van der Waals surface area contributed by atoms with Crippen LogP contribution in [0.3, 0.4) is 0 Å². The summed E-state index contributed by atoms with van der Waals surface area (Å²) in [7, 11) is 0. The van der Waals surface area contributed by atoms with Crippen molar-refractivity contribution in [2.24, 2.45) is 5.73 Å². The van der Waals surface area contributed by atoms with E-state index in [1.165, 1.54) is 6.20 Å². The molecule has 1 atom stereocenters. The van der Waals surface area contributed by atoms with Crippen LogP contribution in [0, 0.1) is 0 Å². The molecule has 1 heterocycles. The van der Waals surface area contributed by atoms with Gasteiger partial charge in [0, 0.05) is 24.6 Å². The maximum absolute atomic E-state index is 12.6. The van der Waals surface area contributed by atoms with Gasteiger partial charge in [-0.1, -0.05) is 48.6 Å². The lowest BCUT2D eigenvalue weighted by molar-refractivity contribution is -0.142. The standard InChI is InChI=1S/C28H26N2O6/c1-18-10-11-28(27(33)34,13-23(18)26(31)32)25-9-5-6-19(14-29)24(25)17-35-21-12-22(16-30-15-21)36-20-7-3-2-4-8-20/h2-12,15-16H,13-14,17,29H2,1H3,(H,31,32)(H,33,34). The molecule has 0 radical (unpaired) electrons. The highest BCUT2D eigenvalue weighted by Crippen LogP contribution is 2.41. The van der Waals surface area contributed by atoms with Crippen molar-refractivity contribution in [2.75, 3.05) is 0 Å². The van der Waals surface area contributed by atoms with Crippen LogP contribution in [0.2, 0.25) is 0 Å². The van der Waals surface area contributed by atoms with E-state index in [0.717, 1.165) is 0 Å². The smallest absolute Gasteiger partial charge is 0.331 e. The third-order valence-corrected chi connectivity index (χ3v) is 6.21. The summed E-state index contributed by atoms with van der Waals surface area (Å²) in [6, 6.07) is 16.1. The number of nitrogens with two attached hydrogens (primary N) is 1. The number of pyridine rings is 1. The Morgan fingerprint density at radius 2 is 1.78 bits per heavy atom. The summed E-state index contributed by atoms with van der Waals surface area (Å²) in [5.41, 5.74) is 6.72. The first-order valence-electron chi connectivity index (χ1n) is 11.3. The van der Waals surface area contributed by atoms with Gasteiger partial charge in [0.05, 0.1) is 12.4 Å². The number of hydrogen-bond donors (Lipinski definition) is 3. The molecule has 4 N–H and O–H groups in total. The molecule has 0 saturated carbocycles. The molecule has 0 fully saturated rings. The molecule has 184 valence electrons. The number of hydrogen-bond acceptors (Lipinski definition) is 6. The molecule has 3 aromatic rings. The lowest BCUT2D eigenvalue weighted by Crippen LogP contribution is -2.38. The van der Waals surface area contributed by atoms with Crippen LogP contribution >= 0.6 is 0 Å². The third-order valence-electron chi connectivity index (χ3n) is 6.21. The number of carboxylic acid groups (broad SMARTS) is 2. The van der Waals surface area contributed by atoms with Crippen molar-refractivity contribution in [3.05, 3.63) is 107 Å². The normalized spacial score (nSPS) is 17.1. The van der Waals surface area contributed by atoms with Gasteiger partial charge in [-0.25, -0.2) is 4.79 Å². The summed E-state index contributed by atoms with van der Waals surface area (Å²) in [5.74, 6) is -0.740. The van der Waals surface area contributed by atoms with Gasteiger partial charge >= 0.3 is 11.9 Å². The third kappa shape index (κ3) is 4.99. The highest BCUT2D eigenvalue weighted by atomic mass is 16.5. The largest absolute Gasteiger partial charge is 0.487 e. The SMILES string of the molecule is CC1=C(C(=O)O)CC(C(=O)O)(c2cccc(CN)c2COc2cncc(Oc3ccccc3)c2)C=C1. The Bertz CT molecular complexity index is 1350. The van der Waals surface area contributed by atoms with Gasteiger partial charge in [0.15, 0.2) is 0 Å². The molecule has 1 aliphatic carbocycles. The van der Waals surface area contributed by atoms with E-state index >= 15 is 0 Å². The lowest BCUT2D eigenvalue weighted by Gasteiger charge is -2.33. The number of ether oxygens (including phenoxy) is 2. The molecule has 36 heavy (non-hydrogen) atoms. The summed E-state index contributed by atoms with van der Waals surface area (Å²) < 4.78 is 11.8. The molecule has 0 aliphatic heterocycles. The van der Waals surface area contributed by atoms with E-state index in [2.05, 4.69) is 4.98 Å². The summed E-state index contributed by atoms with van der Waals surface area (Å²) in [6.45, 7) is 1.82. The second-order valence-corrected chi connectivity index (χ2v) is 8.46. The summed E-state index contributed by atoms with van der Waals surface area (Å²) in [5, 5.41) is 20.0. The van der Waals surface area contributed by atoms with Gasteiger partial charge in [0.2, 0.25) is 0 Å². The zero-order valence-corrected chi connectivity index (χ0v) is 19.7. The first-order valence-corrected chi connectivity index (χ1v) is 11.3. The number of para-hydroxylation sites is 1. The topological polar surface area (TPSA) is 132 Å². The van der Waals surface area contributed by atoms with Gasteiger partial charge < -0.3 is 25.4 Å². The number of allylic oxidation sites excluding steroid dienone is 2. The molecule has 1 unspecified atom stereocenters. The second-order valence-electron chi connectivity index (χ2n) is 8.46. The molecule has 1 aromatic heterocycles. The zero-order chi connectivity index (χ0) is 25.7. The van der Waals surface area contributed by atoms with Crippen LogP contribution in [0.5, 0.6) is 17.2 Å². The average molecular weight is 487 g/mol. The Kier molecular flexibility index (Phi) is 7.17. The van der Waals surface area contributed by atoms with Crippen molar-refractivity contribution in [1.82, 2.24) is 4.98 Å². The van der Waals surface area contributed by atoms with Gasteiger partial charge in [0.25, 0.3) is 0 Å². The highest BCUT2D eigenvalue weighted by Gasteiger charge is 2.44. The molecule has 8 nitrogen and oxygen atoms in total. The first-order chi connectivity index (χ1) is 17.3. The molecule has 2 aromatic carbocycles. The van der Waals surface area contributed by atoms with E-state index in [1.54, 1.807) is 49.5 Å². The van der Waals surface area contributed by atoms with E-state index in [0.29, 0.717) is 39.5 Å². The molecule has 0 saturated heterocycles. The van der Waals surface area contributed by atoms with Gasteiger partial charge in [0.1, 0.15) is 29.3 Å². The molecular formula is C28H26N2O6. The van der Waals surface area contributed by atoms with E-state index in [4.69, 9.17) is 15.2 Å². The van der Waals surface area contributed by atoms with Crippen LogP contribution in [0.15, 0.2) is 90.3 Å². The fourth-order valence-electron chi connectivity index (χ4n) is 4.26. The van der Waals surface area contributed by atoms with Crippen LogP contribution in [-0.4, -0.2) is 27.1 Å². The number of rotatable bonds is 9. The monoisotopic (exact) mass is 486 g/mol. The number of aromatic nitrogens is 1. The summed E-state index contributed by atoms with van der Waals surface area (Å²) in [6.07, 6.45) is 6.00. The van der Waals surface area contributed by atoms with Gasteiger partial charge in [-0.3, -0.25) is 9.78 Å². The Hall–Kier alpha value is -4.43. The Balaban J connectivity index is 1.67.